The molecule has 2 heterocycles. The van der Waals surface area contributed by atoms with Crippen LogP contribution < -0.4 is 10.1 Å². The highest BCUT2D eigenvalue weighted by atomic mass is 32.1. The number of halogens is 2. The van der Waals surface area contributed by atoms with Crippen LogP contribution >= 0.6 is 22.7 Å². The lowest BCUT2D eigenvalue weighted by Gasteiger charge is -2.14. The van der Waals surface area contributed by atoms with Gasteiger partial charge < -0.3 is 10.1 Å². The first-order valence-electron chi connectivity index (χ1n) is 7.83. The number of thiophene rings is 1. The number of benzene rings is 1. The molecule has 1 atom stereocenters. The molecule has 26 heavy (non-hydrogen) atoms. The number of rotatable bonds is 7. The van der Waals surface area contributed by atoms with Crippen LogP contribution in [0.2, 0.25) is 0 Å². The molecule has 8 heteroatoms. The average Bonchev–Trinajstić information content (AvgIpc) is 3.26. The highest BCUT2D eigenvalue weighted by molar-refractivity contribution is 7.20. The van der Waals surface area contributed by atoms with Crippen molar-refractivity contribution in [3.63, 3.8) is 0 Å². The summed E-state index contributed by atoms with van der Waals surface area (Å²) in [6.07, 6.45) is 0.193. The molecule has 0 saturated heterocycles. The third-order valence-corrected chi connectivity index (χ3v) is 5.54. The molecule has 136 valence electrons. The van der Waals surface area contributed by atoms with Gasteiger partial charge in [-0.05, 0) is 36.1 Å². The maximum Gasteiger partial charge on any atom is 0.387 e. The Bertz CT molecular complexity index is 848. The molecule has 2 aromatic heterocycles. The molecule has 0 aliphatic carbocycles. The molecule has 1 N–H and O–H groups in total. The molecular formula is C18H16F2N2O2S2. The molecule has 1 aromatic carbocycles. The molecule has 0 aliphatic rings. The van der Waals surface area contributed by atoms with E-state index >= 15 is 0 Å². The number of nitrogens with zero attached hydrogens (tertiary/aromatic N) is 1. The van der Waals surface area contributed by atoms with Gasteiger partial charge in [0.15, 0.2) is 0 Å². The minimum absolute atomic E-state index is 0.0888. The molecule has 0 fully saturated rings. The monoisotopic (exact) mass is 394 g/mol. The van der Waals surface area contributed by atoms with E-state index in [0.717, 1.165) is 21.1 Å². The van der Waals surface area contributed by atoms with Crippen LogP contribution in [0.15, 0.2) is 47.2 Å². The summed E-state index contributed by atoms with van der Waals surface area (Å²) in [6, 6.07) is 9.93. The van der Waals surface area contributed by atoms with E-state index in [1.165, 1.54) is 23.5 Å². The number of carbonyl (C=O) groups excluding carboxylic acids is 1. The van der Waals surface area contributed by atoms with Crippen molar-refractivity contribution in [2.24, 2.45) is 0 Å². The lowest BCUT2D eigenvalue weighted by Crippen LogP contribution is -2.28. The van der Waals surface area contributed by atoms with E-state index in [1.54, 1.807) is 23.5 Å². The molecule has 3 rings (SSSR count). The third-order valence-electron chi connectivity index (χ3n) is 3.61. The number of nitrogens with one attached hydrogen (secondary N) is 1. The number of alkyl halides is 2. The Balaban J connectivity index is 1.56. The van der Waals surface area contributed by atoms with Gasteiger partial charge in [-0.1, -0.05) is 18.2 Å². The molecule has 0 radical (unpaired) electrons. The zero-order chi connectivity index (χ0) is 18.5. The topological polar surface area (TPSA) is 51.2 Å². The fraction of sp³-hybridized carbons (Fsp3) is 0.222. The Labute approximate surface area is 157 Å². The van der Waals surface area contributed by atoms with E-state index in [1.807, 2.05) is 29.8 Å². The predicted molar refractivity (Wildman–Crippen MR) is 98.8 cm³/mol. The predicted octanol–water partition coefficient (Wildman–Crippen LogP) is 4.89. The molecule has 0 spiro atoms. The van der Waals surface area contributed by atoms with Gasteiger partial charge in [-0.15, -0.1) is 22.7 Å². The molecule has 1 unspecified atom stereocenters. The summed E-state index contributed by atoms with van der Waals surface area (Å²) >= 11 is 3.13. The van der Waals surface area contributed by atoms with Crippen LogP contribution in [0.5, 0.6) is 5.75 Å². The van der Waals surface area contributed by atoms with Crippen LogP contribution in [0.1, 0.15) is 24.2 Å². The van der Waals surface area contributed by atoms with Gasteiger partial charge in [-0.2, -0.15) is 8.78 Å². The molecular weight excluding hydrogens is 378 g/mol. The Morgan fingerprint density at radius 2 is 2.00 bits per heavy atom. The second-order valence-corrected chi connectivity index (χ2v) is 7.34. The molecule has 0 saturated carbocycles. The van der Waals surface area contributed by atoms with Crippen molar-refractivity contribution in [1.29, 1.82) is 0 Å². The van der Waals surface area contributed by atoms with Crippen molar-refractivity contribution in [2.45, 2.75) is 26.0 Å². The zero-order valence-corrected chi connectivity index (χ0v) is 15.4. The third kappa shape index (κ3) is 4.86. The maximum atomic E-state index is 12.2. The average molecular weight is 394 g/mol. The summed E-state index contributed by atoms with van der Waals surface area (Å²) in [5.41, 5.74) is 1.53. The zero-order valence-electron chi connectivity index (χ0n) is 13.8. The number of carbonyl (C=O) groups is 1. The second-order valence-electron chi connectivity index (χ2n) is 5.53. The van der Waals surface area contributed by atoms with E-state index in [-0.39, 0.29) is 24.1 Å². The lowest BCUT2D eigenvalue weighted by molar-refractivity contribution is -0.121. The largest absolute Gasteiger partial charge is 0.435 e. The molecule has 1 amide bonds. The van der Waals surface area contributed by atoms with Crippen LogP contribution in [0.25, 0.3) is 9.88 Å². The normalized spacial score (nSPS) is 12.2. The number of aromatic nitrogens is 1. The standard InChI is InChI=1S/C18H16F2N2O2S2/c1-11(12-4-6-14(7-5-12)24-18(19)20)21-16(23)9-13-10-26-17(22-13)15-3-2-8-25-15/h2-8,10-11,18H,9H2,1H3,(H,21,23). The second kappa shape index (κ2) is 8.37. The van der Waals surface area contributed by atoms with Crippen molar-refractivity contribution in [1.82, 2.24) is 10.3 Å². The van der Waals surface area contributed by atoms with E-state index in [4.69, 9.17) is 0 Å². The quantitative estimate of drug-likeness (QED) is 0.621. The summed E-state index contributed by atoms with van der Waals surface area (Å²) < 4.78 is 28.6. The van der Waals surface area contributed by atoms with Gasteiger partial charge in [-0.3, -0.25) is 4.79 Å². The SMILES string of the molecule is CC(NC(=O)Cc1csc(-c2cccs2)n1)c1ccc(OC(F)F)cc1. The highest BCUT2D eigenvalue weighted by Gasteiger charge is 2.13. The fourth-order valence-corrected chi connectivity index (χ4v) is 4.01. The number of amides is 1. The number of ether oxygens (including phenoxy) is 1. The first-order chi connectivity index (χ1) is 12.5. The van der Waals surface area contributed by atoms with Crippen molar-refractivity contribution < 1.29 is 18.3 Å². The van der Waals surface area contributed by atoms with E-state index < -0.39 is 6.61 Å². The summed E-state index contributed by atoms with van der Waals surface area (Å²) in [5, 5.41) is 7.67. The van der Waals surface area contributed by atoms with Crippen LogP contribution in [0.3, 0.4) is 0 Å². The summed E-state index contributed by atoms with van der Waals surface area (Å²) in [4.78, 5) is 17.8. The van der Waals surface area contributed by atoms with Gasteiger partial charge in [0.25, 0.3) is 0 Å². The van der Waals surface area contributed by atoms with Crippen LogP contribution in [0, 0.1) is 0 Å². The first-order valence-corrected chi connectivity index (χ1v) is 9.59. The molecule has 0 bridgehead atoms. The van der Waals surface area contributed by atoms with E-state index in [0.29, 0.717) is 0 Å². The number of thiazole rings is 1. The van der Waals surface area contributed by atoms with Crippen molar-refractivity contribution in [3.05, 3.63) is 58.4 Å². The van der Waals surface area contributed by atoms with E-state index in [2.05, 4.69) is 15.0 Å². The van der Waals surface area contributed by atoms with Gasteiger partial charge in [0.1, 0.15) is 10.8 Å². The van der Waals surface area contributed by atoms with Crippen LogP contribution in [-0.2, 0) is 11.2 Å². The Kier molecular flexibility index (Phi) is 5.95. The fourth-order valence-electron chi connectivity index (χ4n) is 2.38. The minimum Gasteiger partial charge on any atom is -0.435 e. The number of hydrogen-bond acceptors (Lipinski definition) is 5. The Morgan fingerprint density at radius 1 is 1.23 bits per heavy atom. The van der Waals surface area contributed by atoms with Crippen molar-refractivity contribution in [2.75, 3.05) is 0 Å². The Morgan fingerprint density at radius 3 is 2.65 bits per heavy atom. The van der Waals surface area contributed by atoms with Crippen molar-refractivity contribution >= 4 is 28.6 Å². The molecule has 0 aliphatic heterocycles. The minimum atomic E-state index is -2.85. The van der Waals surface area contributed by atoms with Crippen LogP contribution in [0.4, 0.5) is 8.78 Å². The van der Waals surface area contributed by atoms with Gasteiger partial charge in [0.2, 0.25) is 5.91 Å². The summed E-state index contributed by atoms with van der Waals surface area (Å²) in [7, 11) is 0. The summed E-state index contributed by atoms with van der Waals surface area (Å²) in [6.45, 7) is -1.02. The Hall–Kier alpha value is -2.32. The van der Waals surface area contributed by atoms with Crippen LogP contribution in [-0.4, -0.2) is 17.5 Å². The highest BCUT2D eigenvalue weighted by Crippen LogP contribution is 2.28. The molecule has 3 aromatic rings. The van der Waals surface area contributed by atoms with Gasteiger partial charge in [-0.25, -0.2) is 4.98 Å². The van der Waals surface area contributed by atoms with E-state index in [9.17, 15) is 13.6 Å². The lowest BCUT2D eigenvalue weighted by atomic mass is 10.1. The maximum absolute atomic E-state index is 12.2. The van der Waals surface area contributed by atoms with Gasteiger partial charge in [0.05, 0.1) is 23.0 Å². The van der Waals surface area contributed by atoms with Gasteiger partial charge in [0, 0.05) is 5.38 Å². The molecule has 4 nitrogen and oxygen atoms in total. The first kappa shape index (κ1) is 18.5. The van der Waals surface area contributed by atoms with Gasteiger partial charge >= 0.3 is 6.61 Å². The number of hydrogen-bond donors (Lipinski definition) is 1. The van der Waals surface area contributed by atoms with Crippen molar-refractivity contribution in [3.8, 4) is 15.6 Å². The smallest absolute Gasteiger partial charge is 0.387 e. The summed E-state index contributed by atoms with van der Waals surface area (Å²) in [5.74, 6) is -0.0562.